The van der Waals surface area contributed by atoms with Crippen LogP contribution in [0.3, 0.4) is 0 Å². The summed E-state index contributed by atoms with van der Waals surface area (Å²) in [5.74, 6) is -0.261. The summed E-state index contributed by atoms with van der Waals surface area (Å²) in [6.07, 6.45) is 0.313. The van der Waals surface area contributed by atoms with E-state index in [1.807, 2.05) is 0 Å². The van der Waals surface area contributed by atoms with E-state index in [1.165, 1.54) is 29.6 Å². The highest BCUT2D eigenvalue weighted by Gasteiger charge is 2.34. The van der Waals surface area contributed by atoms with Crippen LogP contribution < -0.4 is 4.74 Å². The number of hydrogen-bond acceptors (Lipinski definition) is 5. The van der Waals surface area contributed by atoms with E-state index in [2.05, 4.69) is 9.72 Å². The van der Waals surface area contributed by atoms with Crippen molar-refractivity contribution in [1.29, 1.82) is 0 Å². The van der Waals surface area contributed by atoms with Crippen LogP contribution >= 0.6 is 11.3 Å². The van der Waals surface area contributed by atoms with Crippen LogP contribution in [0.15, 0.2) is 42.2 Å². The molecule has 4 nitrogen and oxygen atoms in total. The number of aldehydes is 1. The largest absolute Gasteiger partial charge is 0.573 e. The zero-order valence-corrected chi connectivity index (χ0v) is 13.3. The predicted molar refractivity (Wildman–Crippen MR) is 83.0 cm³/mol. The number of rotatable bonds is 4. The Morgan fingerprint density at radius 1 is 1.38 bits per heavy atom. The van der Waals surface area contributed by atoms with E-state index in [1.54, 1.807) is 25.1 Å². The van der Waals surface area contributed by atoms with E-state index in [0.717, 1.165) is 11.0 Å². The second kappa shape index (κ2) is 5.94. The molecular formula is C16H12F3NO3S. The number of carbonyl (C=O) groups excluding carboxylic acids is 1. The second-order valence-electron chi connectivity index (χ2n) is 5.43. The number of carbonyl (C=O) groups is 1. The van der Waals surface area contributed by atoms with Crippen LogP contribution in [0.25, 0.3) is 10.2 Å². The lowest BCUT2D eigenvalue weighted by Gasteiger charge is -2.27. The Hall–Kier alpha value is -2.35. The van der Waals surface area contributed by atoms with Crippen molar-refractivity contribution in [2.24, 2.45) is 0 Å². The minimum Gasteiger partial charge on any atom is -0.459 e. The number of benzene rings is 1. The number of fused-ring (bicyclic) bond motifs is 1. The van der Waals surface area contributed by atoms with Crippen molar-refractivity contribution < 1.29 is 27.4 Å². The number of allylic oxidation sites excluding steroid dienone is 1. The molecule has 0 saturated heterocycles. The minimum atomic E-state index is -4.71. The highest BCUT2D eigenvalue weighted by molar-refractivity contribution is 7.20. The monoisotopic (exact) mass is 355 g/mol. The summed E-state index contributed by atoms with van der Waals surface area (Å²) in [7, 11) is 0. The van der Waals surface area contributed by atoms with Crippen LogP contribution in [-0.4, -0.2) is 23.2 Å². The molecule has 0 spiro atoms. The van der Waals surface area contributed by atoms with Crippen molar-refractivity contribution in [3.8, 4) is 5.19 Å². The van der Waals surface area contributed by atoms with Crippen LogP contribution in [-0.2, 0) is 4.74 Å². The average Bonchev–Trinajstić information content (AvgIpc) is 2.89. The minimum absolute atomic E-state index is 0.213. The van der Waals surface area contributed by atoms with E-state index in [9.17, 15) is 18.0 Å². The molecule has 0 amide bonds. The first kappa shape index (κ1) is 16.5. The number of hydrogen-bond donors (Lipinski definition) is 0. The Labute approximate surface area is 139 Å². The van der Waals surface area contributed by atoms with Gasteiger partial charge in [-0.15, -0.1) is 13.2 Å². The molecule has 1 atom stereocenters. The normalized spacial score (nSPS) is 20.8. The lowest BCUT2D eigenvalue weighted by molar-refractivity contribution is -0.303. The van der Waals surface area contributed by atoms with Gasteiger partial charge in [0.1, 0.15) is 17.6 Å². The van der Waals surface area contributed by atoms with E-state index in [0.29, 0.717) is 16.3 Å². The molecule has 0 radical (unpaired) electrons. The third kappa shape index (κ3) is 3.76. The zero-order valence-electron chi connectivity index (χ0n) is 12.5. The highest BCUT2D eigenvalue weighted by Crippen LogP contribution is 2.34. The number of thiazole rings is 1. The summed E-state index contributed by atoms with van der Waals surface area (Å²) in [5, 5.41) is 0.383. The fraction of sp³-hybridized carbons (Fsp3) is 0.250. The summed E-state index contributed by atoms with van der Waals surface area (Å²) in [6, 6.07) is 5.09. The number of nitrogens with zero attached hydrogens (tertiary/aromatic N) is 1. The van der Waals surface area contributed by atoms with Gasteiger partial charge in [0.15, 0.2) is 0 Å². The molecule has 1 aromatic heterocycles. The van der Waals surface area contributed by atoms with Gasteiger partial charge in [0, 0.05) is 12.0 Å². The molecule has 1 aliphatic carbocycles. The van der Waals surface area contributed by atoms with Gasteiger partial charge in [0.25, 0.3) is 5.19 Å². The molecule has 8 heteroatoms. The van der Waals surface area contributed by atoms with Crippen molar-refractivity contribution in [2.75, 3.05) is 0 Å². The molecule has 0 N–H and O–H groups in total. The highest BCUT2D eigenvalue weighted by atomic mass is 32.1. The van der Waals surface area contributed by atoms with Crippen LogP contribution in [0.4, 0.5) is 13.2 Å². The SMILES string of the molecule is CC1(Oc2nc3ccc(C=O)cc3s2)C=CC(OC(F)(F)F)=CC1. The summed E-state index contributed by atoms with van der Waals surface area (Å²) >= 11 is 1.27. The molecule has 0 fully saturated rings. The third-order valence-corrected chi connectivity index (χ3v) is 4.29. The standard InChI is InChI=1S/C16H12F3NO3S/c1-15(6-4-11(5-7-15)22-16(17,18)19)23-14-20-12-3-2-10(9-21)8-13(12)24-14/h2-6,8-9H,7H2,1H3. The van der Waals surface area contributed by atoms with Crippen molar-refractivity contribution in [3.63, 3.8) is 0 Å². The topological polar surface area (TPSA) is 48.4 Å². The Morgan fingerprint density at radius 3 is 2.79 bits per heavy atom. The van der Waals surface area contributed by atoms with Gasteiger partial charge in [0.05, 0.1) is 10.2 Å². The van der Waals surface area contributed by atoms with E-state index < -0.39 is 12.0 Å². The molecule has 0 bridgehead atoms. The summed E-state index contributed by atoms with van der Waals surface area (Å²) < 4.78 is 47.1. The van der Waals surface area contributed by atoms with E-state index >= 15 is 0 Å². The van der Waals surface area contributed by atoms with Crippen molar-refractivity contribution in [3.05, 3.63) is 47.7 Å². The van der Waals surface area contributed by atoms with Crippen LogP contribution in [0.2, 0.25) is 0 Å². The smallest absolute Gasteiger partial charge is 0.459 e. The lowest BCUT2D eigenvalue weighted by Crippen LogP contribution is -2.31. The van der Waals surface area contributed by atoms with Crippen molar-refractivity contribution >= 4 is 27.8 Å². The Morgan fingerprint density at radius 2 is 2.17 bits per heavy atom. The van der Waals surface area contributed by atoms with Crippen LogP contribution in [0.1, 0.15) is 23.7 Å². The number of aromatic nitrogens is 1. The molecule has 1 unspecified atom stereocenters. The lowest BCUT2D eigenvalue weighted by atomic mass is 9.97. The summed E-state index contributed by atoms with van der Waals surface area (Å²) in [5.41, 5.74) is 0.416. The Balaban J connectivity index is 1.74. The molecule has 126 valence electrons. The molecule has 24 heavy (non-hydrogen) atoms. The maximum Gasteiger partial charge on any atom is 0.573 e. The second-order valence-corrected chi connectivity index (χ2v) is 6.42. The molecular weight excluding hydrogens is 343 g/mol. The number of halogens is 3. The molecule has 3 rings (SSSR count). The summed E-state index contributed by atoms with van der Waals surface area (Å²) in [6.45, 7) is 1.74. The van der Waals surface area contributed by atoms with Gasteiger partial charge in [-0.25, -0.2) is 4.98 Å². The fourth-order valence-electron chi connectivity index (χ4n) is 2.22. The van der Waals surface area contributed by atoms with Crippen molar-refractivity contribution in [1.82, 2.24) is 4.98 Å². The molecule has 0 aliphatic heterocycles. The van der Waals surface area contributed by atoms with Gasteiger partial charge in [-0.05, 0) is 43.4 Å². The number of ether oxygens (including phenoxy) is 2. The van der Waals surface area contributed by atoms with Gasteiger partial charge in [0.2, 0.25) is 0 Å². The van der Waals surface area contributed by atoms with Gasteiger partial charge in [-0.1, -0.05) is 11.3 Å². The molecule has 1 aliphatic rings. The van der Waals surface area contributed by atoms with Gasteiger partial charge >= 0.3 is 6.36 Å². The fourth-order valence-corrected chi connectivity index (χ4v) is 3.20. The maximum atomic E-state index is 12.2. The molecule has 1 aromatic carbocycles. The number of alkyl halides is 3. The van der Waals surface area contributed by atoms with E-state index in [4.69, 9.17) is 4.74 Å². The van der Waals surface area contributed by atoms with Gasteiger partial charge in [-0.3, -0.25) is 4.79 Å². The first-order valence-corrected chi connectivity index (χ1v) is 7.78. The van der Waals surface area contributed by atoms with Gasteiger partial charge < -0.3 is 9.47 Å². The van der Waals surface area contributed by atoms with Gasteiger partial charge in [-0.2, -0.15) is 0 Å². The third-order valence-electron chi connectivity index (χ3n) is 3.39. The Kier molecular flexibility index (Phi) is 4.08. The molecule has 1 heterocycles. The Bertz CT molecular complexity index is 841. The maximum absolute atomic E-state index is 12.2. The van der Waals surface area contributed by atoms with Crippen LogP contribution in [0.5, 0.6) is 5.19 Å². The average molecular weight is 355 g/mol. The quantitative estimate of drug-likeness (QED) is 0.751. The molecule has 2 aromatic rings. The van der Waals surface area contributed by atoms with Crippen LogP contribution in [0, 0.1) is 0 Å². The summed E-state index contributed by atoms with van der Waals surface area (Å²) in [4.78, 5) is 15.1. The zero-order chi connectivity index (χ0) is 17.4. The van der Waals surface area contributed by atoms with Crippen molar-refractivity contribution in [2.45, 2.75) is 25.3 Å². The first-order chi connectivity index (χ1) is 11.3. The molecule has 0 saturated carbocycles. The predicted octanol–water partition coefficient (Wildman–Crippen LogP) is 4.63. The van der Waals surface area contributed by atoms with E-state index in [-0.39, 0.29) is 12.2 Å². The first-order valence-electron chi connectivity index (χ1n) is 6.96.